The largest absolute Gasteiger partial charge is 0.371 e. The molecule has 3 aromatic carbocycles. The lowest BCUT2D eigenvalue weighted by atomic mass is 9.78. The minimum Gasteiger partial charge on any atom is -0.371 e. The van der Waals surface area contributed by atoms with Crippen LogP contribution in [0, 0.1) is 5.92 Å². The number of carbonyl (C=O) groups is 1. The van der Waals surface area contributed by atoms with Gasteiger partial charge in [0.05, 0.1) is 20.5 Å². The van der Waals surface area contributed by atoms with Gasteiger partial charge in [0.1, 0.15) is 5.88 Å². The normalized spacial score (nSPS) is 18.7. The van der Waals surface area contributed by atoms with Crippen molar-refractivity contribution in [1.82, 2.24) is 10.2 Å². The van der Waals surface area contributed by atoms with E-state index in [1.54, 1.807) is 24.3 Å². The Hall–Kier alpha value is -2.58. The number of amides is 1. The maximum Gasteiger partial charge on any atom is 0.253 e. The number of nitrogens with one attached hydrogen (secondary N) is 2. The summed E-state index contributed by atoms with van der Waals surface area (Å²) in [6.45, 7) is 0. The molecule has 0 spiro atoms. The summed E-state index contributed by atoms with van der Waals surface area (Å²) in [5, 5.41) is 6.55. The molecule has 1 unspecified atom stereocenters. The molecule has 1 aliphatic carbocycles. The van der Waals surface area contributed by atoms with Gasteiger partial charge in [0.2, 0.25) is 0 Å². The Balaban J connectivity index is 1.38. The lowest BCUT2D eigenvalue weighted by Crippen LogP contribution is -2.40. The molecule has 0 saturated heterocycles. The topological polar surface area (TPSA) is 78.5 Å². The van der Waals surface area contributed by atoms with Crippen molar-refractivity contribution in [3.63, 3.8) is 0 Å². The van der Waals surface area contributed by atoms with E-state index in [1.807, 2.05) is 6.07 Å². The Bertz CT molecular complexity index is 1360. The SMILES string of the molecule is CN(C)C(c1ccccc1)C1CCC(NC(=O)c2ccccc2NCS(=O)(=O)c2ccc(Cl)c(Cl)c2)CC1. The number of hydrogen-bond donors (Lipinski definition) is 2. The van der Waals surface area contributed by atoms with E-state index < -0.39 is 9.84 Å². The number of sulfone groups is 1. The van der Waals surface area contributed by atoms with Gasteiger partial charge in [-0.3, -0.25) is 4.79 Å². The maximum atomic E-state index is 13.2. The molecule has 1 fully saturated rings. The van der Waals surface area contributed by atoms with Gasteiger partial charge in [-0.15, -0.1) is 0 Å². The van der Waals surface area contributed by atoms with E-state index in [9.17, 15) is 13.2 Å². The molecule has 38 heavy (non-hydrogen) atoms. The zero-order valence-electron chi connectivity index (χ0n) is 21.5. The molecule has 0 radical (unpaired) electrons. The van der Waals surface area contributed by atoms with Crippen molar-refractivity contribution in [2.75, 3.05) is 25.3 Å². The predicted molar refractivity (Wildman–Crippen MR) is 155 cm³/mol. The molecule has 202 valence electrons. The monoisotopic (exact) mass is 573 g/mol. The molecule has 0 heterocycles. The number of para-hydroxylation sites is 1. The Labute approximate surface area is 235 Å². The molecule has 2 N–H and O–H groups in total. The first kappa shape index (κ1) is 28.4. The summed E-state index contributed by atoms with van der Waals surface area (Å²) in [6.07, 6.45) is 3.83. The first-order valence-corrected chi connectivity index (χ1v) is 15.1. The average molecular weight is 575 g/mol. The first-order chi connectivity index (χ1) is 18.2. The van der Waals surface area contributed by atoms with Gasteiger partial charge in [-0.25, -0.2) is 8.42 Å². The number of nitrogens with zero attached hydrogens (tertiary/aromatic N) is 1. The number of rotatable bonds is 9. The van der Waals surface area contributed by atoms with E-state index in [0.29, 0.717) is 23.2 Å². The smallest absolute Gasteiger partial charge is 0.253 e. The summed E-state index contributed by atoms with van der Waals surface area (Å²) in [5.41, 5.74) is 2.19. The van der Waals surface area contributed by atoms with Gasteiger partial charge in [0.25, 0.3) is 5.91 Å². The van der Waals surface area contributed by atoms with Gasteiger partial charge in [-0.2, -0.15) is 0 Å². The van der Waals surface area contributed by atoms with Gasteiger partial charge in [0.15, 0.2) is 9.84 Å². The van der Waals surface area contributed by atoms with Crippen molar-refractivity contribution >= 4 is 44.6 Å². The summed E-state index contributed by atoms with van der Waals surface area (Å²) >= 11 is 11.9. The second-order valence-corrected chi connectivity index (χ2v) is 12.8. The Morgan fingerprint density at radius 2 is 1.58 bits per heavy atom. The van der Waals surface area contributed by atoms with Crippen LogP contribution in [-0.4, -0.2) is 45.2 Å². The number of carbonyl (C=O) groups excluding carboxylic acids is 1. The van der Waals surface area contributed by atoms with E-state index in [0.717, 1.165) is 25.7 Å². The molecule has 0 aromatic heterocycles. The molecule has 6 nitrogen and oxygen atoms in total. The van der Waals surface area contributed by atoms with Crippen molar-refractivity contribution in [3.8, 4) is 0 Å². The molecule has 9 heteroatoms. The van der Waals surface area contributed by atoms with Crippen LogP contribution in [0.3, 0.4) is 0 Å². The maximum absolute atomic E-state index is 13.2. The van der Waals surface area contributed by atoms with Crippen molar-refractivity contribution in [2.24, 2.45) is 5.92 Å². The standard InChI is InChI=1S/C29H33Cl2N3O3S/c1-34(2)28(20-8-4-3-5-9-20)21-12-14-22(15-13-21)33-29(35)24-10-6-7-11-27(24)32-19-38(36,37)23-16-17-25(30)26(31)18-23/h3-11,16-18,21-22,28,32H,12-15,19H2,1-2H3,(H,33,35). The van der Waals surface area contributed by atoms with Crippen LogP contribution in [0.15, 0.2) is 77.7 Å². The van der Waals surface area contributed by atoms with Crippen molar-refractivity contribution < 1.29 is 13.2 Å². The Kier molecular flexibility index (Phi) is 9.36. The molecule has 3 aromatic rings. The highest BCUT2D eigenvalue weighted by Gasteiger charge is 2.31. The highest BCUT2D eigenvalue weighted by molar-refractivity contribution is 7.91. The van der Waals surface area contributed by atoms with Crippen LogP contribution in [0.5, 0.6) is 0 Å². The number of halogens is 2. The molecular weight excluding hydrogens is 541 g/mol. The molecular formula is C29H33Cl2N3O3S. The quantitative estimate of drug-likeness (QED) is 0.308. The second-order valence-electron chi connectivity index (χ2n) is 9.96. The van der Waals surface area contributed by atoms with Crippen LogP contribution in [0.4, 0.5) is 5.69 Å². The Morgan fingerprint density at radius 1 is 0.921 bits per heavy atom. The third kappa shape index (κ3) is 6.89. The summed E-state index contributed by atoms with van der Waals surface area (Å²) in [5.74, 6) is -0.0806. The van der Waals surface area contributed by atoms with Gasteiger partial charge < -0.3 is 15.5 Å². The zero-order valence-corrected chi connectivity index (χ0v) is 23.9. The van der Waals surface area contributed by atoms with Crippen molar-refractivity contribution in [3.05, 3.63) is 94.0 Å². The number of benzene rings is 3. The summed E-state index contributed by atoms with van der Waals surface area (Å²) in [6, 6.07) is 22.1. The van der Waals surface area contributed by atoms with E-state index in [-0.39, 0.29) is 32.8 Å². The van der Waals surface area contributed by atoms with Crippen LogP contribution < -0.4 is 10.6 Å². The third-order valence-corrected chi connectivity index (χ3v) is 9.36. The van der Waals surface area contributed by atoms with Crippen LogP contribution in [0.1, 0.15) is 47.6 Å². The van der Waals surface area contributed by atoms with Crippen molar-refractivity contribution in [2.45, 2.75) is 42.7 Å². The molecule has 1 atom stereocenters. The summed E-state index contributed by atoms with van der Waals surface area (Å²) < 4.78 is 25.7. The highest BCUT2D eigenvalue weighted by atomic mass is 35.5. The molecule has 1 aliphatic rings. The van der Waals surface area contributed by atoms with Crippen LogP contribution in [-0.2, 0) is 9.84 Å². The lowest BCUT2D eigenvalue weighted by molar-refractivity contribution is 0.0907. The third-order valence-electron chi connectivity index (χ3n) is 7.13. The average Bonchev–Trinajstić information content (AvgIpc) is 2.91. The number of anilines is 1. The van der Waals surface area contributed by atoms with Gasteiger partial charge >= 0.3 is 0 Å². The fraction of sp³-hybridized carbons (Fsp3) is 0.345. The minimum absolute atomic E-state index is 0.0598. The minimum atomic E-state index is -3.70. The van der Waals surface area contributed by atoms with E-state index in [2.05, 4.69) is 53.9 Å². The summed E-state index contributed by atoms with van der Waals surface area (Å²) in [4.78, 5) is 15.6. The van der Waals surface area contributed by atoms with Crippen LogP contribution >= 0.6 is 23.2 Å². The summed E-state index contributed by atoms with van der Waals surface area (Å²) in [7, 11) is 0.543. The van der Waals surface area contributed by atoms with E-state index >= 15 is 0 Å². The molecule has 1 amide bonds. The van der Waals surface area contributed by atoms with E-state index in [1.165, 1.54) is 23.8 Å². The predicted octanol–water partition coefficient (Wildman–Crippen LogP) is 6.43. The fourth-order valence-electron chi connectivity index (χ4n) is 5.25. The van der Waals surface area contributed by atoms with Gasteiger partial charge in [-0.1, -0.05) is 65.7 Å². The Morgan fingerprint density at radius 3 is 2.24 bits per heavy atom. The van der Waals surface area contributed by atoms with E-state index in [4.69, 9.17) is 23.2 Å². The molecule has 0 bridgehead atoms. The molecule has 0 aliphatic heterocycles. The molecule has 4 rings (SSSR count). The first-order valence-electron chi connectivity index (χ1n) is 12.7. The van der Waals surface area contributed by atoms with Crippen LogP contribution in [0.2, 0.25) is 10.0 Å². The fourth-order valence-corrected chi connectivity index (χ4v) is 6.69. The van der Waals surface area contributed by atoms with Gasteiger partial charge in [0, 0.05) is 17.8 Å². The zero-order chi connectivity index (χ0) is 27.3. The number of hydrogen-bond acceptors (Lipinski definition) is 5. The van der Waals surface area contributed by atoms with Gasteiger partial charge in [-0.05, 0) is 81.6 Å². The highest BCUT2D eigenvalue weighted by Crippen LogP contribution is 2.37. The van der Waals surface area contributed by atoms with Crippen molar-refractivity contribution in [1.29, 1.82) is 0 Å². The lowest BCUT2D eigenvalue weighted by Gasteiger charge is -2.37. The second kappa shape index (κ2) is 12.5. The van der Waals surface area contributed by atoms with Crippen LogP contribution in [0.25, 0.3) is 0 Å². The molecule has 1 saturated carbocycles.